The Labute approximate surface area is 63.3 Å². The number of thiol groups is 1. The van der Waals surface area contributed by atoms with E-state index in [4.69, 9.17) is 4.42 Å². The quantitative estimate of drug-likeness (QED) is 0.583. The lowest BCUT2D eigenvalue weighted by Gasteiger charge is -1.83. The number of aromatic nitrogens is 1. The molecular weight excluding hydrogens is 146 g/mol. The maximum absolute atomic E-state index is 5.06. The first-order valence-corrected chi connectivity index (χ1v) is 3.34. The summed E-state index contributed by atoms with van der Waals surface area (Å²) in [5.74, 6) is 0. The number of rotatable bonds is 0. The number of nitrogens with zero attached hydrogens (tertiary/aromatic N) is 1. The molecular formula is C7H5NOS. The Hall–Kier alpha value is -0.960. The summed E-state index contributed by atoms with van der Waals surface area (Å²) >= 11 is 4.17. The van der Waals surface area contributed by atoms with Gasteiger partial charge in [-0.15, -0.1) is 12.6 Å². The van der Waals surface area contributed by atoms with Gasteiger partial charge in [-0.25, -0.2) is 4.98 Å². The normalized spacial score (nSPS) is 10.5. The monoisotopic (exact) mass is 151 g/mol. The van der Waals surface area contributed by atoms with Crippen molar-refractivity contribution in [3.8, 4) is 0 Å². The predicted octanol–water partition coefficient (Wildman–Crippen LogP) is 2.12. The fraction of sp³-hybridized carbons (Fsp3) is 0. The van der Waals surface area contributed by atoms with Crippen molar-refractivity contribution in [3.63, 3.8) is 0 Å². The van der Waals surface area contributed by atoms with Crippen LogP contribution in [0.1, 0.15) is 0 Å². The van der Waals surface area contributed by atoms with Gasteiger partial charge in [0.15, 0.2) is 0 Å². The third-order valence-electron chi connectivity index (χ3n) is 1.33. The highest BCUT2D eigenvalue weighted by Crippen LogP contribution is 2.20. The van der Waals surface area contributed by atoms with E-state index in [-0.39, 0.29) is 0 Å². The summed E-state index contributed by atoms with van der Waals surface area (Å²) in [5.41, 5.74) is 0.646. The minimum Gasteiger partial charge on any atom is -0.445 e. The molecule has 0 spiro atoms. The van der Waals surface area contributed by atoms with Crippen molar-refractivity contribution >= 4 is 23.7 Å². The van der Waals surface area contributed by atoms with E-state index in [9.17, 15) is 0 Å². The number of hydrogen-bond acceptors (Lipinski definition) is 3. The fourth-order valence-corrected chi connectivity index (χ4v) is 1.08. The van der Waals surface area contributed by atoms with Crippen LogP contribution in [0.4, 0.5) is 0 Å². The van der Waals surface area contributed by atoms with Crippen LogP contribution in [0, 0.1) is 0 Å². The van der Waals surface area contributed by atoms with E-state index < -0.39 is 0 Å². The molecule has 3 heteroatoms. The maximum Gasteiger partial charge on any atom is 0.226 e. The molecule has 50 valence electrons. The van der Waals surface area contributed by atoms with Gasteiger partial charge in [0, 0.05) is 6.20 Å². The van der Waals surface area contributed by atoms with Gasteiger partial charge in [-0.05, 0) is 12.1 Å². The number of pyridine rings is 1. The Bertz CT molecular complexity index is 355. The lowest BCUT2D eigenvalue weighted by Crippen LogP contribution is -1.68. The first-order valence-electron chi connectivity index (χ1n) is 2.89. The van der Waals surface area contributed by atoms with Gasteiger partial charge in [0.1, 0.15) is 6.26 Å². The van der Waals surface area contributed by atoms with Gasteiger partial charge >= 0.3 is 0 Å². The molecule has 0 unspecified atom stereocenters. The smallest absolute Gasteiger partial charge is 0.226 e. The van der Waals surface area contributed by atoms with E-state index in [1.807, 2.05) is 12.1 Å². The van der Waals surface area contributed by atoms with E-state index in [0.29, 0.717) is 5.71 Å². The van der Waals surface area contributed by atoms with Gasteiger partial charge in [0.2, 0.25) is 5.71 Å². The summed E-state index contributed by atoms with van der Waals surface area (Å²) in [4.78, 5) is 4.82. The molecule has 0 saturated carbocycles. The molecule has 0 fully saturated rings. The van der Waals surface area contributed by atoms with Crippen molar-refractivity contribution < 1.29 is 4.42 Å². The van der Waals surface area contributed by atoms with Crippen molar-refractivity contribution in [1.29, 1.82) is 0 Å². The Morgan fingerprint density at radius 1 is 1.50 bits per heavy atom. The summed E-state index contributed by atoms with van der Waals surface area (Å²) in [6.45, 7) is 0. The third kappa shape index (κ3) is 0.708. The summed E-state index contributed by atoms with van der Waals surface area (Å²) in [5, 5.41) is 0.964. The zero-order chi connectivity index (χ0) is 6.97. The Morgan fingerprint density at radius 3 is 3.20 bits per heavy atom. The van der Waals surface area contributed by atoms with Gasteiger partial charge < -0.3 is 4.42 Å². The number of fused-ring (bicyclic) bond motifs is 1. The van der Waals surface area contributed by atoms with Crippen molar-refractivity contribution in [2.24, 2.45) is 0 Å². The van der Waals surface area contributed by atoms with Crippen LogP contribution in [0.25, 0.3) is 11.1 Å². The van der Waals surface area contributed by atoms with Crippen molar-refractivity contribution in [1.82, 2.24) is 4.98 Å². The molecule has 2 aromatic heterocycles. The second-order valence-corrected chi connectivity index (χ2v) is 2.46. The highest BCUT2D eigenvalue weighted by molar-refractivity contribution is 7.80. The van der Waals surface area contributed by atoms with E-state index >= 15 is 0 Å². The number of furan rings is 1. The van der Waals surface area contributed by atoms with Crippen LogP contribution in [0.3, 0.4) is 0 Å². The molecule has 0 saturated heterocycles. The molecule has 0 aliphatic rings. The average Bonchev–Trinajstić information content (AvgIpc) is 2.34. The minimum atomic E-state index is 0.646. The first kappa shape index (κ1) is 5.80. The predicted molar refractivity (Wildman–Crippen MR) is 41.3 cm³/mol. The molecule has 0 aromatic carbocycles. The van der Waals surface area contributed by atoms with Crippen LogP contribution >= 0.6 is 12.6 Å². The molecule has 0 aliphatic heterocycles. The zero-order valence-corrected chi connectivity index (χ0v) is 6.01. The zero-order valence-electron chi connectivity index (χ0n) is 5.11. The molecule has 2 rings (SSSR count). The van der Waals surface area contributed by atoms with Crippen molar-refractivity contribution in [2.45, 2.75) is 4.90 Å². The van der Waals surface area contributed by atoms with E-state index in [1.54, 1.807) is 12.5 Å². The molecule has 2 nitrogen and oxygen atoms in total. The topological polar surface area (TPSA) is 26.0 Å². The molecule has 0 N–H and O–H groups in total. The second kappa shape index (κ2) is 2.02. The van der Waals surface area contributed by atoms with Crippen LogP contribution in [-0.2, 0) is 0 Å². The fourth-order valence-electron chi connectivity index (χ4n) is 0.855. The summed E-state index contributed by atoms with van der Waals surface area (Å²) < 4.78 is 5.06. The number of hydrogen-bond donors (Lipinski definition) is 1. The summed E-state index contributed by atoms with van der Waals surface area (Å²) in [7, 11) is 0. The van der Waals surface area contributed by atoms with E-state index in [1.165, 1.54) is 0 Å². The van der Waals surface area contributed by atoms with Crippen molar-refractivity contribution in [2.75, 3.05) is 0 Å². The van der Waals surface area contributed by atoms with Gasteiger partial charge in [-0.1, -0.05) is 0 Å². The standard InChI is InChI=1S/C7H5NOS/c10-6-4-9-7-5(6)2-1-3-8-7/h1-4,10H. The third-order valence-corrected chi connectivity index (χ3v) is 1.68. The molecule has 0 radical (unpaired) electrons. The molecule has 0 atom stereocenters. The Morgan fingerprint density at radius 2 is 2.40 bits per heavy atom. The SMILES string of the molecule is Sc1coc2ncccc12. The molecule has 10 heavy (non-hydrogen) atoms. The van der Waals surface area contributed by atoms with Crippen LogP contribution in [0.5, 0.6) is 0 Å². The first-order chi connectivity index (χ1) is 4.88. The van der Waals surface area contributed by atoms with E-state index in [0.717, 1.165) is 10.3 Å². The lowest BCUT2D eigenvalue weighted by atomic mass is 10.3. The maximum atomic E-state index is 5.06. The minimum absolute atomic E-state index is 0.646. The lowest BCUT2D eigenvalue weighted by molar-refractivity contribution is 0.596. The van der Waals surface area contributed by atoms with Crippen molar-refractivity contribution in [3.05, 3.63) is 24.6 Å². The summed E-state index contributed by atoms with van der Waals surface area (Å²) in [6, 6.07) is 3.78. The largest absolute Gasteiger partial charge is 0.445 e. The molecule has 0 amide bonds. The van der Waals surface area contributed by atoms with Gasteiger partial charge in [-0.3, -0.25) is 0 Å². The Balaban J connectivity index is 2.93. The average molecular weight is 151 g/mol. The highest BCUT2D eigenvalue weighted by atomic mass is 32.1. The van der Waals surface area contributed by atoms with Crippen LogP contribution in [0.15, 0.2) is 33.9 Å². The second-order valence-electron chi connectivity index (χ2n) is 1.98. The van der Waals surface area contributed by atoms with Crippen LogP contribution < -0.4 is 0 Å². The van der Waals surface area contributed by atoms with Crippen LogP contribution in [0.2, 0.25) is 0 Å². The summed E-state index contributed by atoms with van der Waals surface area (Å²) in [6.07, 6.45) is 3.28. The molecule has 0 aliphatic carbocycles. The van der Waals surface area contributed by atoms with Gasteiger partial charge in [0.05, 0.1) is 10.3 Å². The highest BCUT2D eigenvalue weighted by Gasteiger charge is 1.99. The van der Waals surface area contributed by atoms with Gasteiger partial charge in [0.25, 0.3) is 0 Å². The Kier molecular flexibility index (Phi) is 1.17. The molecule has 2 heterocycles. The van der Waals surface area contributed by atoms with Gasteiger partial charge in [-0.2, -0.15) is 0 Å². The van der Waals surface area contributed by atoms with Crippen LogP contribution in [-0.4, -0.2) is 4.98 Å². The molecule has 0 bridgehead atoms. The van der Waals surface area contributed by atoms with E-state index in [2.05, 4.69) is 17.6 Å². The molecule has 2 aromatic rings.